The van der Waals surface area contributed by atoms with E-state index in [0.717, 1.165) is 16.5 Å². The molecule has 0 fully saturated rings. The van der Waals surface area contributed by atoms with Crippen molar-refractivity contribution in [2.45, 2.75) is 27.7 Å². The molecule has 1 rings (SSSR count). The third kappa shape index (κ3) is 3.79. The van der Waals surface area contributed by atoms with Gasteiger partial charge in [0, 0.05) is 25.0 Å². The summed E-state index contributed by atoms with van der Waals surface area (Å²) in [5, 5.41) is 1.01. The summed E-state index contributed by atoms with van der Waals surface area (Å²) in [5.74, 6) is 0.827. The van der Waals surface area contributed by atoms with Gasteiger partial charge in [-0.1, -0.05) is 6.07 Å². The molecule has 0 saturated heterocycles. The van der Waals surface area contributed by atoms with Crippen molar-refractivity contribution in [1.29, 1.82) is 0 Å². The number of rotatable bonds is 8. The highest BCUT2D eigenvalue weighted by Gasteiger charge is 2.44. The van der Waals surface area contributed by atoms with Crippen LogP contribution in [-0.2, 0) is 13.3 Å². The van der Waals surface area contributed by atoms with Gasteiger partial charge in [-0.15, -0.1) is 0 Å². The predicted molar refractivity (Wildman–Crippen MR) is 78.0 cm³/mol. The Balaban J connectivity index is 3.21. The number of ether oxygens (including phenoxy) is 1. The van der Waals surface area contributed by atoms with Crippen LogP contribution in [0.15, 0.2) is 18.2 Å². The SMILES string of the molecule is CCO[Si](OCC)(OCC)c1ccc(OC)cc1C. The van der Waals surface area contributed by atoms with Crippen LogP contribution in [0.2, 0.25) is 0 Å². The summed E-state index contributed by atoms with van der Waals surface area (Å²) in [6, 6.07) is 5.89. The van der Waals surface area contributed by atoms with Crippen molar-refractivity contribution in [2.75, 3.05) is 26.9 Å². The number of hydrogen-bond acceptors (Lipinski definition) is 4. The van der Waals surface area contributed by atoms with Crippen molar-refractivity contribution >= 4 is 14.0 Å². The van der Waals surface area contributed by atoms with Crippen molar-refractivity contribution in [3.8, 4) is 5.75 Å². The molecular formula is C14H24O4Si. The van der Waals surface area contributed by atoms with E-state index in [1.54, 1.807) is 7.11 Å². The lowest BCUT2D eigenvalue weighted by Crippen LogP contribution is -2.57. The number of aryl methyl sites for hydroxylation is 1. The molecule has 5 heteroatoms. The maximum atomic E-state index is 5.90. The first-order valence-corrected chi connectivity index (χ1v) is 8.42. The minimum atomic E-state index is -2.81. The van der Waals surface area contributed by atoms with Crippen molar-refractivity contribution in [1.82, 2.24) is 0 Å². The standard InChI is InChI=1S/C14H24O4Si/c1-6-16-19(17-7-2,18-8-3)14-10-9-13(15-5)11-12(14)4/h9-11H,6-8H2,1-5H3. The lowest BCUT2D eigenvalue weighted by Gasteiger charge is -2.29. The van der Waals surface area contributed by atoms with Crippen LogP contribution in [-0.4, -0.2) is 35.7 Å². The quantitative estimate of drug-likeness (QED) is 0.686. The molecule has 0 bridgehead atoms. The number of benzene rings is 1. The highest BCUT2D eigenvalue weighted by Crippen LogP contribution is 2.17. The largest absolute Gasteiger partial charge is 0.537 e. The van der Waals surface area contributed by atoms with Gasteiger partial charge in [-0.2, -0.15) is 0 Å². The van der Waals surface area contributed by atoms with E-state index in [0.29, 0.717) is 19.8 Å². The smallest absolute Gasteiger partial charge is 0.497 e. The van der Waals surface area contributed by atoms with Crippen LogP contribution in [0.25, 0.3) is 0 Å². The Morgan fingerprint density at radius 3 is 1.84 bits per heavy atom. The Hall–Kier alpha value is -0.883. The molecule has 0 aromatic heterocycles. The van der Waals surface area contributed by atoms with Crippen LogP contribution >= 0.6 is 0 Å². The van der Waals surface area contributed by atoms with Crippen LogP contribution in [0.1, 0.15) is 26.3 Å². The van der Waals surface area contributed by atoms with Gasteiger partial charge in [-0.25, -0.2) is 0 Å². The van der Waals surface area contributed by atoms with E-state index in [-0.39, 0.29) is 0 Å². The second-order valence-electron chi connectivity index (χ2n) is 4.04. The third-order valence-electron chi connectivity index (χ3n) is 2.77. The summed E-state index contributed by atoms with van der Waals surface area (Å²) in [5.41, 5.74) is 1.07. The second-order valence-corrected chi connectivity index (χ2v) is 6.55. The van der Waals surface area contributed by atoms with E-state index in [1.807, 2.05) is 45.9 Å². The van der Waals surface area contributed by atoms with Crippen LogP contribution in [0.4, 0.5) is 0 Å². The molecule has 0 unspecified atom stereocenters. The molecule has 0 spiro atoms. The number of hydrogen-bond donors (Lipinski definition) is 0. The van der Waals surface area contributed by atoms with Gasteiger partial charge in [0.15, 0.2) is 0 Å². The zero-order chi connectivity index (χ0) is 14.3. The maximum Gasteiger partial charge on any atom is 0.537 e. The van der Waals surface area contributed by atoms with E-state index in [1.165, 1.54) is 0 Å². The normalized spacial score (nSPS) is 11.6. The molecule has 1 aromatic carbocycles. The topological polar surface area (TPSA) is 36.9 Å². The Morgan fingerprint density at radius 2 is 1.47 bits per heavy atom. The molecule has 108 valence electrons. The lowest BCUT2D eigenvalue weighted by atomic mass is 10.2. The molecular weight excluding hydrogens is 260 g/mol. The fraction of sp³-hybridized carbons (Fsp3) is 0.571. The Kier molecular flexibility index (Phi) is 6.51. The van der Waals surface area contributed by atoms with Crippen molar-refractivity contribution in [3.05, 3.63) is 23.8 Å². The van der Waals surface area contributed by atoms with E-state index in [9.17, 15) is 0 Å². The zero-order valence-corrected chi connectivity index (χ0v) is 13.5. The Labute approximate surface area is 117 Å². The molecule has 0 aliphatic heterocycles. The zero-order valence-electron chi connectivity index (χ0n) is 12.5. The minimum absolute atomic E-state index is 0.567. The first kappa shape index (κ1) is 16.2. The minimum Gasteiger partial charge on any atom is -0.497 e. The summed E-state index contributed by atoms with van der Waals surface area (Å²) in [6.07, 6.45) is 0. The molecule has 0 aliphatic rings. The van der Waals surface area contributed by atoms with Gasteiger partial charge in [0.25, 0.3) is 0 Å². The van der Waals surface area contributed by atoms with Crippen LogP contribution < -0.4 is 9.92 Å². The molecule has 19 heavy (non-hydrogen) atoms. The highest BCUT2D eigenvalue weighted by atomic mass is 28.4. The molecule has 0 N–H and O–H groups in total. The number of methoxy groups -OCH3 is 1. The summed E-state index contributed by atoms with van der Waals surface area (Å²) >= 11 is 0. The molecule has 0 radical (unpaired) electrons. The van der Waals surface area contributed by atoms with Crippen LogP contribution in [0, 0.1) is 6.92 Å². The first-order valence-electron chi connectivity index (χ1n) is 6.70. The lowest BCUT2D eigenvalue weighted by molar-refractivity contribution is 0.0858. The summed E-state index contributed by atoms with van der Waals surface area (Å²) in [7, 11) is -1.15. The van der Waals surface area contributed by atoms with Crippen LogP contribution in [0.3, 0.4) is 0 Å². The van der Waals surface area contributed by atoms with E-state index in [2.05, 4.69) is 0 Å². The highest BCUT2D eigenvalue weighted by molar-refractivity contribution is 6.75. The van der Waals surface area contributed by atoms with Gasteiger partial charge in [-0.05, 0) is 45.4 Å². The molecule has 1 aromatic rings. The van der Waals surface area contributed by atoms with E-state index in [4.69, 9.17) is 18.0 Å². The van der Waals surface area contributed by atoms with E-state index < -0.39 is 8.80 Å². The van der Waals surface area contributed by atoms with E-state index >= 15 is 0 Å². The first-order chi connectivity index (χ1) is 9.13. The Morgan fingerprint density at radius 1 is 0.947 bits per heavy atom. The second kappa shape index (κ2) is 7.64. The molecule has 0 aliphatic carbocycles. The molecule has 0 amide bonds. The van der Waals surface area contributed by atoms with Gasteiger partial charge >= 0.3 is 8.80 Å². The summed E-state index contributed by atoms with van der Waals surface area (Å²) in [4.78, 5) is 0. The predicted octanol–water partition coefficient (Wildman–Crippen LogP) is 2.26. The van der Waals surface area contributed by atoms with Crippen molar-refractivity contribution in [3.63, 3.8) is 0 Å². The Bertz CT molecular complexity index is 378. The van der Waals surface area contributed by atoms with Gasteiger partial charge in [0.05, 0.1) is 7.11 Å². The van der Waals surface area contributed by atoms with Gasteiger partial charge in [-0.3, -0.25) is 0 Å². The molecule has 0 saturated carbocycles. The maximum absolute atomic E-state index is 5.90. The summed E-state index contributed by atoms with van der Waals surface area (Å²) < 4.78 is 22.9. The van der Waals surface area contributed by atoms with Crippen LogP contribution in [0.5, 0.6) is 5.75 Å². The van der Waals surface area contributed by atoms with Gasteiger partial charge in [0.2, 0.25) is 0 Å². The van der Waals surface area contributed by atoms with Crippen molar-refractivity contribution < 1.29 is 18.0 Å². The fourth-order valence-electron chi connectivity index (χ4n) is 2.03. The van der Waals surface area contributed by atoms with Gasteiger partial charge in [0.1, 0.15) is 5.75 Å². The molecule has 4 nitrogen and oxygen atoms in total. The van der Waals surface area contributed by atoms with Gasteiger partial charge < -0.3 is 18.0 Å². The molecule has 0 heterocycles. The van der Waals surface area contributed by atoms with Crippen molar-refractivity contribution in [2.24, 2.45) is 0 Å². The summed E-state index contributed by atoms with van der Waals surface area (Å²) in [6.45, 7) is 9.60. The molecule has 0 atom stereocenters. The third-order valence-corrected chi connectivity index (χ3v) is 5.99. The monoisotopic (exact) mass is 284 g/mol. The average Bonchev–Trinajstić information content (AvgIpc) is 2.39. The fourth-order valence-corrected chi connectivity index (χ4v) is 4.73. The average molecular weight is 284 g/mol.